The molecule has 0 saturated carbocycles. The van der Waals surface area contributed by atoms with Gasteiger partial charge in [-0.3, -0.25) is 4.79 Å². The Balaban J connectivity index is 2.15. The number of hydrogen-bond donors (Lipinski definition) is 2. The number of aliphatic hydroxyl groups is 1. The Hall–Kier alpha value is -2.27. The first kappa shape index (κ1) is 14.1. The highest BCUT2D eigenvalue weighted by Gasteiger charge is 2.12. The molecule has 0 bridgehead atoms. The smallest absolute Gasteiger partial charge is 0.258 e. The zero-order valence-corrected chi connectivity index (χ0v) is 10.7. The molecule has 1 amide bonds. The fraction of sp³-hybridized carbons (Fsp3) is 0.133. The van der Waals surface area contributed by atoms with Gasteiger partial charge in [-0.25, -0.2) is 8.78 Å². The van der Waals surface area contributed by atoms with Gasteiger partial charge in [0.1, 0.15) is 11.6 Å². The Morgan fingerprint density at radius 2 is 1.80 bits per heavy atom. The molecule has 0 aliphatic rings. The number of halogens is 2. The minimum Gasteiger partial charge on any atom is -0.389 e. The normalized spacial score (nSPS) is 12.0. The average molecular weight is 277 g/mol. The van der Waals surface area contributed by atoms with E-state index >= 15 is 0 Å². The Morgan fingerprint density at radius 1 is 1.15 bits per heavy atom. The number of amides is 1. The molecule has 0 aromatic heterocycles. The highest BCUT2D eigenvalue weighted by Crippen LogP contribution is 2.17. The number of carbonyl (C=O) groups excluding carboxylic acids is 1. The van der Waals surface area contributed by atoms with Crippen LogP contribution in [0.25, 0.3) is 0 Å². The van der Waals surface area contributed by atoms with E-state index < -0.39 is 23.6 Å². The highest BCUT2D eigenvalue weighted by molar-refractivity contribution is 6.04. The molecule has 0 saturated heterocycles. The van der Waals surface area contributed by atoms with E-state index in [4.69, 9.17) is 0 Å². The fourth-order valence-electron chi connectivity index (χ4n) is 1.72. The summed E-state index contributed by atoms with van der Waals surface area (Å²) in [5.41, 5.74) is 0.935. The van der Waals surface area contributed by atoms with Crippen LogP contribution in [0.15, 0.2) is 42.5 Å². The van der Waals surface area contributed by atoms with Crippen molar-refractivity contribution in [3.8, 4) is 0 Å². The van der Waals surface area contributed by atoms with Gasteiger partial charge in [0.25, 0.3) is 5.91 Å². The summed E-state index contributed by atoms with van der Waals surface area (Å²) < 4.78 is 26.2. The maximum absolute atomic E-state index is 13.4. The van der Waals surface area contributed by atoms with E-state index in [1.165, 1.54) is 0 Å². The van der Waals surface area contributed by atoms with E-state index in [2.05, 4.69) is 5.32 Å². The zero-order valence-electron chi connectivity index (χ0n) is 10.7. The van der Waals surface area contributed by atoms with Crippen molar-refractivity contribution in [3.63, 3.8) is 0 Å². The van der Waals surface area contributed by atoms with Crippen molar-refractivity contribution in [1.29, 1.82) is 0 Å². The first-order chi connectivity index (χ1) is 9.47. The minimum atomic E-state index is -0.914. The van der Waals surface area contributed by atoms with Crippen LogP contribution in [0.1, 0.15) is 28.9 Å². The molecule has 0 aliphatic heterocycles. The molecule has 2 N–H and O–H groups in total. The van der Waals surface area contributed by atoms with Gasteiger partial charge in [-0.2, -0.15) is 0 Å². The van der Waals surface area contributed by atoms with Crippen LogP contribution < -0.4 is 5.32 Å². The van der Waals surface area contributed by atoms with Crippen LogP contribution in [0.3, 0.4) is 0 Å². The van der Waals surface area contributed by atoms with Crippen molar-refractivity contribution in [3.05, 3.63) is 65.2 Å². The van der Waals surface area contributed by atoms with Gasteiger partial charge in [0, 0.05) is 11.8 Å². The van der Waals surface area contributed by atoms with E-state index in [1.54, 1.807) is 31.2 Å². The maximum Gasteiger partial charge on any atom is 0.258 e. The monoisotopic (exact) mass is 277 g/mol. The van der Waals surface area contributed by atoms with Crippen molar-refractivity contribution in [2.24, 2.45) is 0 Å². The Labute approximate surface area is 114 Å². The summed E-state index contributed by atoms with van der Waals surface area (Å²) in [6.45, 7) is 1.63. The molecule has 1 atom stereocenters. The third kappa shape index (κ3) is 3.19. The van der Waals surface area contributed by atoms with Crippen molar-refractivity contribution < 1.29 is 18.7 Å². The standard InChI is InChI=1S/C15H13F2NO2/c1-9(19)10-2-5-12(6-3-10)18-15(20)13-7-4-11(16)8-14(13)17/h2-9,19H,1H3,(H,18,20). The number of hydrogen-bond acceptors (Lipinski definition) is 2. The average Bonchev–Trinajstić information content (AvgIpc) is 2.39. The van der Waals surface area contributed by atoms with E-state index in [0.717, 1.165) is 12.1 Å². The summed E-state index contributed by atoms with van der Waals surface area (Å²) in [6, 6.07) is 9.27. The van der Waals surface area contributed by atoms with Gasteiger partial charge in [-0.15, -0.1) is 0 Å². The number of anilines is 1. The number of rotatable bonds is 3. The first-order valence-corrected chi connectivity index (χ1v) is 6.02. The van der Waals surface area contributed by atoms with E-state index in [1.807, 2.05) is 0 Å². The van der Waals surface area contributed by atoms with Gasteiger partial charge in [0.15, 0.2) is 0 Å². The second kappa shape index (κ2) is 5.79. The van der Waals surface area contributed by atoms with Crippen LogP contribution in [0.4, 0.5) is 14.5 Å². The lowest BCUT2D eigenvalue weighted by molar-refractivity contribution is 0.102. The lowest BCUT2D eigenvalue weighted by Crippen LogP contribution is -2.14. The second-order valence-corrected chi connectivity index (χ2v) is 4.38. The Kier molecular flexibility index (Phi) is 4.10. The molecule has 1 unspecified atom stereocenters. The van der Waals surface area contributed by atoms with E-state index in [9.17, 15) is 18.7 Å². The van der Waals surface area contributed by atoms with Crippen LogP contribution in [-0.4, -0.2) is 11.0 Å². The number of benzene rings is 2. The molecule has 0 radical (unpaired) electrons. The maximum atomic E-state index is 13.4. The first-order valence-electron chi connectivity index (χ1n) is 6.02. The third-order valence-electron chi connectivity index (χ3n) is 2.83. The molecule has 2 aromatic carbocycles. The molecule has 0 fully saturated rings. The number of aliphatic hydroxyl groups excluding tert-OH is 1. The number of carbonyl (C=O) groups is 1. The van der Waals surface area contributed by atoms with Crippen LogP contribution in [0.5, 0.6) is 0 Å². The molecule has 0 spiro atoms. The SMILES string of the molecule is CC(O)c1ccc(NC(=O)c2ccc(F)cc2F)cc1. The van der Waals surface area contributed by atoms with Crippen LogP contribution in [-0.2, 0) is 0 Å². The molecule has 20 heavy (non-hydrogen) atoms. The zero-order chi connectivity index (χ0) is 14.7. The van der Waals surface area contributed by atoms with Crippen LogP contribution in [0.2, 0.25) is 0 Å². The predicted octanol–water partition coefficient (Wildman–Crippen LogP) is 3.27. The lowest BCUT2D eigenvalue weighted by Gasteiger charge is -2.08. The molecule has 2 aromatic rings. The van der Waals surface area contributed by atoms with E-state index in [-0.39, 0.29) is 5.56 Å². The molecule has 5 heteroatoms. The highest BCUT2D eigenvalue weighted by atomic mass is 19.1. The summed E-state index contributed by atoms with van der Waals surface area (Å²) in [5, 5.41) is 11.9. The Morgan fingerprint density at radius 3 is 2.35 bits per heavy atom. The fourth-order valence-corrected chi connectivity index (χ4v) is 1.72. The van der Waals surface area contributed by atoms with Crippen LogP contribution in [0, 0.1) is 11.6 Å². The lowest BCUT2D eigenvalue weighted by atomic mass is 10.1. The second-order valence-electron chi connectivity index (χ2n) is 4.38. The quantitative estimate of drug-likeness (QED) is 0.904. The third-order valence-corrected chi connectivity index (χ3v) is 2.83. The molecule has 0 heterocycles. The van der Waals surface area contributed by atoms with Gasteiger partial charge in [-0.1, -0.05) is 12.1 Å². The van der Waals surface area contributed by atoms with Gasteiger partial charge in [0.2, 0.25) is 0 Å². The summed E-state index contributed by atoms with van der Waals surface area (Å²) in [4.78, 5) is 11.8. The van der Waals surface area contributed by atoms with Crippen molar-refractivity contribution in [1.82, 2.24) is 0 Å². The van der Waals surface area contributed by atoms with Crippen molar-refractivity contribution in [2.45, 2.75) is 13.0 Å². The summed E-state index contributed by atoms with van der Waals surface area (Å²) in [5.74, 6) is -2.31. The molecular formula is C15H13F2NO2. The van der Waals surface area contributed by atoms with Gasteiger partial charge in [0.05, 0.1) is 11.7 Å². The molecule has 0 aliphatic carbocycles. The molecule has 104 valence electrons. The van der Waals surface area contributed by atoms with Gasteiger partial charge in [-0.05, 0) is 36.8 Å². The van der Waals surface area contributed by atoms with Gasteiger partial charge < -0.3 is 10.4 Å². The summed E-state index contributed by atoms with van der Waals surface area (Å²) in [6.07, 6.45) is -0.603. The summed E-state index contributed by atoms with van der Waals surface area (Å²) >= 11 is 0. The topological polar surface area (TPSA) is 49.3 Å². The van der Waals surface area contributed by atoms with Crippen LogP contribution >= 0.6 is 0 Å². The summed E-state index contributed by atoms with van der Waals surface area (Å²) in [7, 11) is 0. The molecular weight excluding hydrogens is 264 g/mol. The van der Waals surface area contributed by atoms with Gasteiger partial charge >= 0.3 is 0 Å². The van der Waals surface area contributed by atoms with Crippen molar-refractivity contribution in [2.75, 3.05) is 5.32 Å². The predicted molar refractivity (Wildman–Crippen MR) is 71.4 cm³/mol. The Bertz CT molecular complexity index is 624. The number of nitrogens with one attached hydrogen (secondary N) is 1. The largest absolute Gasteiger partial charge is 0.389 e. The molecule has 2 rings (SSSR count). The van der Waals surface area contributed by atoms with E-state index in [0.29, 0.717) is 17.3 Å². The van der Waals surface area contributed by atoms with Crippen molar-refractivity contribution >= 4 is 11.6 Å². The molecule has 3 nitrogen and oxygen atoms in total. The minimum absolute atomic E-state index is 0.231.